The van der Waals surface area contributed by atoms with Crippen LogP contribution in [0.4, 0.5) is 0 Å². The Bertz CT molecular complexity index is 490. The summed E-state index contributed by atoms with van der Waals surface area (Å²) in [6.07, 6.45) is 1.66. The van der Waals surface area contributed by atoms with Gasteiger partial charge in [0.15, 0.2) is 0 Å². The first-order valence-corrected chi connectivity index (χ1v) is 6.56. The van der Waals surface area contributed by atoms with Gasteiger partial charge in [-0.15, -0.1) is 0 Å². The van der Waals surface area contributed by atoms with Crippen molar-refractivity contribution in [2.45, 2.75) is 46.6 Å². The van der Waals surface area contributed by atoms with E-state index in [4.69, 9.17) is 0 Å². The molecule has 0 saturated carbocycles. The van der Waals surface area contributed by atoms with E-state index in [1.54, 1.807) is 26.0 Å². The number of hydrogen-bond donors (Lipinski definition) is 2. The molecule has 19 heavy (non-hydrogen) atoms. The van der Waals surface area contributed by atoms with E-state index in [0.717, 1.165) is 12.8 Å². The van der Waals surface area contributed by atoms with Gasteiger partial charge in [0.05, 0.1) is 11.1 Å². The van der Waals surface area contributed by atoms with E-state index in [1.807, 2.05) is 13.8 Å². The molecule has 0 saturated heterocycles. The summed E-state index contributed by atoms with van der Waals surface area (Å²) in [7, 11) is 0. The topological polar surface area (TPSA) is 66.4 Å². The van der Waals surface area contributed by atoms with Crippen molar-refractivity contribution in [1.29, 1.82) is 0 Å². The first-order chi connectivity index (χ1) is 8.92. The summed E-state index contributed by atoms with van der Waals surface area (Å²) in [6, 6.07) is 3.59. The first-order valence-electron chi connectivity index (χ1n) is 6.56. The van der Waals surface area contributed by atoms with Crippen molar-refractivity contribution in [2.75, 3.05) is 0 Å². The molecule has 0 heterocycles. The smallest absolute Gasteiger partial charge is 0.336 e. The Morgan fingerprint density at radius 1 is 1.11 bits per heavy atom. The number of nitrogens with one attached hydrogen (secondary N) is 1. The fourth-order valence-corrected chi connectivity index (χ4v) is 2.13. The van der Waals surface area contributed by atoms with E-state index in [1.165, 1.54) is 0 Å². The summed E-state index contributed by atoms with van der Waals surface area (Å²) in [6.45, 7) is 7.45. The molecule has 1 aromatic carbocycles. The zero-order valence-corrected chi connectivity index (χ0v) is 11.9. The fourth-order valence-electron chi connectivity index (χ4n) is 2.13. The monoisotopic (exact) mass is 263 g/mol. The average molecular weight is 263 g/mol. The molecule has 4 heteroatoms. The highest BCUT2D eigenvalue weighted by Gasteiger charge is 2.22. The standard InChI is InChI=1S/C15H21NO3/c1-5-11(6-2)16-14(17)12-9(3)7-8-10(4)13(12)15(18)19/h7-8,11H,5-6H2,1-4H3,(H,16,17)(H,18,19). The summed E-state index contributed by atoms with van der Waals surface area (Å²) < 4.78 is 0. The molecule has 0 atom stereocenters. The number of benzene rings is 1. The highest BCUT2D eigenvalue weighted by Crippen LogP contribution is 2.19. The number of carboxylic acid groups (broad SMARTS) is 1. The minimum atomic E-state index is -1.06. The van der Waals surface area contributed by atoms with Crippen molar-refractivity contribution in [3.05, 3.63) is 34.4 Å². The molecule has 1 aromatic rings. The lowest BCUT2D eigenvalue weighted by atomic mass is 9.96. The van der Waals surface area contributed by atoms with Crippen molar-refractivity contribution in [1.82, 2.24) is 5.32 Å². The molecule has 1 rings (SSSR count). The second-order valence-corrected chi connectivity index (χ2v) is 4.74. The van der Waals surface area contributed by atoms with Gasteiger partial charge in [0.25, 0.3) is 5.91 Å². The maximum Gasteiger partial charge on any atom is 0.336 e. The van der Waals surface area contributed by atoms with E-state index < -0.39 is 5.97 Å². The molecule has 0 unspecified atom stereocenters. The molecular formula is C15H21NO3. The number of aromatic carboxylic acids is 1. The Hall–Kier alpha value is -1.84. The zero-order chi connectivity index (χ0) is 14.6. The van der Waals surface area contributed by atoms with E-state index in [0.29, 0.717) is 11.1 Å². The summed E-state index contributed by atoms with van der Waals surface area (Å²) in [5.41, 5.74) is 1.67. The number of rotatable bonds is 5. The molecule has 0 aliphatic rings. The zero-order valence-electron chi connectivity index (χ0n) is 11.9. The van der Waals surface area contributed by atoms with Crippen LogP contribution in [0.2, 0.25) is 0 Å². The van der Waals surface area contributed by atoms with Crippen molar-refractivity contribution in [2.24, 2.45) is 0 Å². The highest BCUT2D eigenvalue weighted by atomic mass is 16.4. The normalized spacial score (nSPS) is 10.6. The van der Waals surface area contributed by atoms with Crippen LogP contribution in [0, 0.1) is 13.8 Å². The van der Waals surface area contributed by atoms with Gasteiger partial charge in [-0.25, -0.2) is 4.79 Å². The minimum Gasteiger partial charge on any atom is -0.478 e. The third kappa shape index (κ3) is 3.34. The predicted molar refractivity (Wildman–Crippen MR) is 74.7 cm³/mol. The van der Waals surface area contributed by atoms with Crippen LogP contribution in [0.5, 0.6) is 0 Å². The van der Waals surface area contributed by atoms with Crippen molar-refractivity contribution in [3.63, 3.8) is 0 Å². The van der Waals surface area contributed by atoms with Gasteiger partial charge >= 0.3 is 5.97 Å². The van der Waals surface area contributed by atoms with Gasteiger partial charge in [-0.2, -0.15) is 0 Å². The summed E-state index contributed by atoms with van der Waals surface area (Å²) in [4.78, 5) is 23.6. The number of aryl methyl sites for hydroxylation is 2. The molecule has 2 N–H and O–H groups in total. The lowest BCUT2D eigenvalue weighted by molar-refractivity contribution is 0.0689. The van der Waals surface area contributed by atoms with Gasteiger partial charge in [0.1, 0.15) is 0 Å². The Morgan fingerprint density at radius 3 is 2.00 bits per heavy atom. The van der Waals surface area contributed by atoms with Crippen LogP contribution in [0.1, 0.15) is 58.5 Å². The lowest BCUT2D eigenvalue weighted by Crippen LogP contribution is -2.35. The molecule has 0 aliphatic carbocycles. The first kappa shape index (κ1) is 15.2. The number of carbonyl (C=O) groups is 2. The van der Waals surface area contributed by atoms with Crippen LogP contribution < -0.4 is 5.32 Å². The number of hydrogen-bond acceptors (Lipinski definition) is 2. The molecule has 4 nitrogen and oxygen atoms in total. The lowest BCUT2D eigenvalue weighted by Gasteiger charge is -2.17. The Balaban J connectivity index is 3.22. The minimum absolute atomic E-state index is 0.0778. The molecular weight excluding hydrogens is 242 g/mol. The quantitative estimate of drug-likeness (QED) is 0.858. The van der Waals surface area contributed by atoms with Crippen LogP contribution >= 0.6 is 0 Å². The summed E-state index contributed by atoms with van der Waals surface area (Å²) in [5.74, 6) is -1.36. The molecule has 0 bridgehead atoms. The Kier molecular flexibility index (Phi) is 5.10. The van der Waals surface area contributed by atoms with Crippen LogP contribution in [0.15, 0.2) is 12.1 Å². The summed E-state index contributed by atoms with van der Waals surface area (Å²) in [5, 5.41) is 12.2. The Morgan fingerprint density at radius 2 is 1.58 bits per heavy atom. The van der Waals surface area contributed by atoms with E-state index >= 15 is 0 Å². The molecule has 0 aliphatic heterocycles. The maximum atomic E-state index is 12.3. The van der Waals surface area contributed by atoms with Gasteiger partial charge in [0, 0.05) is 6.04 Å². The molecule has 0 radical (unpaired) electrons. The largest absolute Gasteiger partial charge is 0.478 e. The second kappa shape index (κ2) is 6.36. The van der Waals surface area contributed by atoms with E-state index in [9.17, 15) is 14.7 Å². The third-order valence-electron chi connectivity index (χ3n) is 3.38. The third-order valence-corrected chi connectivity index (χ3v) is 3.38. The molecule has 104 valence electrons. The average Bonchev–Trinajstić information content (AvgIpc) is 2.37. The summed E-state index contributed by atoms with van der Waals surface area (Å²) >= 11 is 0. The highest BCUT2D eigenvalue weighted by molar-refractivity contribution is 6.06. The number of carboxylic acids is 1. The van der Waals surface area contributed by atoms with Gasteiger partial charge in [-0.1, -0.05) is 26.0 Å². The van der Waals surface area contributed by atoms with Crippen molar-refractivity contribution >= 4 is 11.9 Å². The SMILES string of the molecule is CCC(CC)NC(=O)c1c(C)ccc(C)c1C(=O)O. The van der Waals surface area contributed by atoms with Crippen molar-refractivity contribution in [3.8, 4) is 0 Å². The second-order valence-electron chi connectivity index (χ2n) is 4.74. The van der Waals surface area contributed by atoms with Gasteiger partial charge in [0.2, 0.25) is 0 Å². The van der Waals surface area contributed by atoms with Gasteiger partial charge < -0.3 is 10.4 Å². The van der Waals surface area contributed by atoms with Crippen LogP contribution in [0.25, 0.3) is 0 Å². The van der Waals surface area contributed by atoms with Crippen molar-refractivity contribution < 1.29 is 14.7 Å². The van der Waals surface area contributed by atoms with E-state index in [2.05, 4.69) is 5.32 Å². The van der Waals surface area contributed by atoms with E-state index in [-0.39, 0.29) is 23.1 Å². The van der Waals surface area contributed by atoms with Crippen LogP contribution in [-0.4, -0.2) is 23.0 Å². The van der Waals surface area contributed by atoms with Crippen LogP contribution in [-0.2, 0) is 0 Å². The predicted octanol–water partition coefficient (Wildman–Crippen LogP) is 2.92. The molecule has 0 spiro atoms. The number of amides is 1. The molecule has 0 fully saturated rings. The fraction of sp³-hybridized carbons (Fsp3) is 0.467. The maximum absolute atomic E-state index is 12.3. The number of carbonyl (C=O) groups excluding carboxylic acids is 1. The Labute approximate surface area is 113 Å². The van der Waals surface area contributed by atoms with Gasteiger partial charge in [-0.05, 0) is 37.8 Å². The van der Waals surface area contributed by atoms with Crippen LogP contribution in [0.3, 0.4) is 0 Å². The molecule has 0 aromatic heterocycles. The molecule has 1 amide bonds. The van der Waals surface area contributed by atoms with Gasteiger partial charge in [-0.3, -0.25) is 4.79 Å².